The minimum atomic E-state index is -3.10. The molecule has 0 aliphatic carbocycles. The highest BCUT2D eigenvalue weighted by Crippen LogP contribution is 2.35. The van der Waals surface area contributed by atoms with E-state index in [4.69, 9.17) is 0 Å². The summed E-state index contributed by atoms with van der Waals surface area (Å²) < 4.78 is 22.8. The number of rotatable bonds is 0. The summed E-state index contributed by atoms with van der Waals surface area (Å²) in [5.74, 6) is 5.84. The summed E-state index contributed by atoms with van der Waals surface area (Å²) in [4.78, 5) is 0. The van der Waals surface area contributed by atoms with E-state index in [1.807, 2.05) is 0 Å². The molecule has 2 nitrogen and oxygen atoms in total. The number of hydrogen-bond donors (Lipinski definition) is 0. The fraction of sp³-hybridized carbons (Fsp3) is 0.800. The third-order valence-electron chi connectivity index (χ3n) is 2.61. The van der Waals surface area contributed by atoms with E-state index in [9.17, 15) is 8.42 Å². The Morgan fingerprint density at radius 3 is 1.54 bits per heavy atom. The molecule has 0 unspecified atom stereocenters. The van der Waals surface area contributed by atoms with Gasteiger partial charge >= 0.3 is 0 Å². The van der Waals surface area contributed by atoms with Crippen LogP contribution in [0.1, 0.15) is 40.5 Å². The minimum absolute atomic E-state index is 0.443. The monoisotopic (exact) mass is 200 g/mol. The zero-order valence-electron chi connectivity index (χ0n) is 8.64. The molecule has 0 aromatic carbocycles. The van der Waals surface area contributed by atoms with E-state index in [2.05, 4.69) is 11.8 Å². The maximum atomic E-state index is 12.1. The van der Waals surface area contributed by atoms with Crippen molar-refractivity contribution in [3.63, 3.8) is 0 Å². The van der Waals surface area contributed by atoms with Gasteiger partial charge in [-0.1, -0.05) is 0 Å². The first-order chi connectivity index (χ1) is 5.71. The van der Waals surface area contributed by atoms with Crippen LogP contribution >= 0.6 is 0 Å². The van der Waals surface area contributed by atoms with Crippen molar-refractivity contribution in [2.24, 2.45) is 0 Å². The zero-order valence-corrected chi connectivity index (χ0v) is 9.46. The van der Waals surface area contributed by atoms with Crippen LogP contribution in [0.15, 0.2) is 0 Å². The lowest BCUT2D eigenvalue weighted by atomic mass is 10.1. The largest absolute Gasteiger partial charge is 0.228 e. The van der Waals surface area contributed by atoms with E-state index in [1.54, 1.807) is 27.7 Å². The van der Waals surface area contributed by atoms with Crippen molar-refractivity contribution in [3.8, 4) is 11.8 Å². The van der Waals surface area contributed by atoms with Crippen molar-refractivity contribution in [1.82, 2.24) is 0 Å². The maximum absolute atomic E-state index is 12.1. The van der Waals surface area contributed by atoms with Crippen molar-refractivity contribution in [3.05, 3.63) is 0 Å². The predicted molar refractivity (Wildman–Crippen MR) is 54.1 cm³/mol. The molecule has 0 spiro atoms. The molecule has 0 saturated carbocycles. The van der Waals surface area contributed by atoms with Gasteiger partial charge in [0.15, 0.2) is 9.84 Å². The van der Waals surface area contributed by atoms with Gasteiger partial charge in [0.25, 0.3) is 0 Å². The summed E-state index contributed by atoms with van der Waals surface area (Å²) in [5, 5.41) is 0. The van der Waals surface area contributed by atoms with Crippen molar-refractivity contribution >= 4 is 9.84 Å². The van der Waals surface area contributed by atoms with Crippen LogP contribution in [0.3, 0.4) is 0 Å². The van der Waals surface area contributed by atoms with E-state index in [1.165, 1.54) is 0 Å². The van der Waals surface area contributed by atoms with Gasteiger partial charge in [-0.05, 0) is 27.7 Å². The third-order valence-corrected chi connectivity index (χ3v) is 5.81. The van der Waals surface area contributed by atoms with E-state index in [0.29, 0.717) is 12.8 Å². The average Bonchev–Trinajstić information content (AvgIpc) is 2.01. The van der Waals surface area contributed by atoms with Gasteiger partial charge in [-0.2, -0.15) is 0 Å². The fourth-order valence-electron chi connectivity index (χ4n) is 1.49. The average molecular weight is 200 g/mol. The lowest BCUT2D eigenvalue weighted by molar-refractivity contribution is 0.511. The molecule has 0 aromatic heterocycles. The lowest BCUT2D eigenvalue weighted by Gasteiger charge is -2.31. The Bertz CT molecular complexity index is 335. The molecule has 3 heteroatoms. The topological polar surface area (TPSA) is 34.1 Å². The summed E-state index contributed by atoms with van der Waals surface area (Å²) in [6.45, 7) is 7.02. The number of sulfone groups is 1. The van der Waals surface area contributed by atoms with Gasteiger partial charge in [-0.3, -0.25) is 0 Å². The van der Waals surface area contributed by atoms with Gasteiger partial charge in [0.2, 0.25) is 0 Å². The Kier molecular flexibility index (Phi) is 2.24. The molecule has 0 atom stereocenters. The molecule has 1 rings (SSSR count). The molecule has 13 heavy (non-hydrogen) atoms. The van der Waals surface area contributed by atoms with E-state index in [-0.39, 0.29) is 0 Å². The highest BCUT2D eigenvalue weighted by atomic mass is 32.2. The normalized spacial score (nSPS) is 28.3. The minimum Gasteiger partial charge on any atom is -0.228 e. The molecule has 0 fully saturated rings. The highest BCUT2D eigenvalue weighted by molar-refractivity contribution is 7.94. The van der Waals surface area contributed by atoms with Crippen LogP contribution in [0.25, 0.3) is 0 Å². The summed E-state index contributed by atoms with van der Waals surface area (Å²) in [7, 11) is -3.10. The van der Waals surface area contributed by atoms with Crippen LogP contribution in [0, 0.1) is 11.8 Å². The molecule has 0 N–H and O–H groups in total. The standard InChI is InChI=1S/C10H16O2S/c1-9(2)7-5-6-8-10(3,4)13(9,11)12/h7-8H2,1-4H3. The van der Waals surface area contributed by atoms with E-state index >= 15 is 0 Å². The first kappa shape index (κ1) is 10.6. The van der Waals surface area contributed by atoms with Crippen LogP contribution in [-0.2, 0) is 9.84 Å². The van der Waals surface area contributed by atoms with Crippen molar-refractivity contribution < 1.29 is 8.42 Å². The summed E-state index contributed by atoms with van der Waals surface area (Å²) in [6, 6.07) is 0. The summed E-state index contributed by atoms with van der Waals surface area (Å²) >= 11 is 0. The molecule has 1 heterocycles. The molecule has 1 aliphatic rings. The molecule has 74 valence electrons. The van der Waals surface area contributed by atoms with Crippen LogP contribution in [-0.4, -0.2) is 17.9 Å². The van der Waals surface area contributed by atoms with E-state index in [0.717, 1.165) is 0 Å². The second-order valence-corrected chi connectivity index (χ2v) is 7.95. The first-order valence-corrected chi connectivity index (χ1v) is 5.89. The smallest absolute Gasteiger partial charge is 0.162 e. The number of hydrogen-bond acceptors (Lipinski definition) is 2. The zero-order chi connectivity index (χ0) is 10.3. The van der Waals surface area contributed by atoms with Gasteiger partial charge < -0.3 is 0 Å². The van der Waals surface area contributed by atoms with E-state index < -0.39 is 19.3 Å². The molecule has 0 radical (unpaired) electrons. The maximum Gasteiger partial charge on any atom is 0.162 e. The Labute approximate surface area is 80.6 Å². The predicted octanol–water partition coefficient (Wildman–Crippen LogP) is 1.76. The molecule has 0 aromatic rings. The Hall–Kier alpha value is -0.490. The Balaban J connectivity index is 3.30. The van der Waals surface area contributed by atoms with Crippen LogP contribution in [0.2, 0.25) is 0 Å². The van der Waals surface area contributed by atoms with Crippen molar-refractivity contribution in [2.75, 3.05) is 0 Å². The van der Waals surface area contributed by atoms with Crippen LogP contribution in [0.4, 0.5) is 0 Å². The van der Waals surface area contributed by atoms with Crippen LogP contribution in [0.5, 0.6) is 0 Å². The highest BCUT2D eigenvalue weighted by Gasteiger charge is 2.46. The summed E-state index contributed by atoms with van der Waals surface area (Å²) in [5.41, 5.74) is 0. The van der Waals surface area contributed by atoms with Gasteiger partial charge in [-0.15, -0.1) is 11.8 Å². The molecular weight excluding hydrogens is 184 g/mol. The van der Waals surface area contributed by atoms with Gasteiger partial charge in [0, 0.05) is 12.8 Å². The molecule has 0 saturated heterocycles. The first-order valence-electron chi connectivity index (χ1n) is 4.41. The van der Waals surface area contributed by atoms with Gasteiger partial charge in [0.1, 0.15) is 0 Å². The van der Waals surface area contributed by atoms with Crippen LogP contribution < -0.4 is 0 Å². The molecule has 1 aliphatic heterocycles. The molecule has 0 bridgehead atoms. The van der Waals surface area contributed by atoms with Crippen molar-refractivity contribution in [1.29, 1.82) is 0 Å². The van der Waals surface area contributed by atoms with Gasteiger partial charge in [-0.25, -0.2) is 8.42 Å². The third kappa shape index (κ3) is 1.48. The second-order valence-electron chi connectivity index (χ2n) is 4.73. The lowest BCUT2D eigenvalue weighted by Crippen LogP contribution is -2.44. The van der Waals surface area contributed by atoms with Crippen molar-refractivity contribution in [2.45, 2.75) is 50.0 Å². The summed E-state index contributed by atoms with van der Waals surface area (Å²) in [6.07, 6.45) is 0.886. The second kappa shape index (κ2) is 2.75. The fourth-order valence-corrected chi connectivity index (χ4v) is 3.51. The Morgan fingerprint density at radius 2 is 1.23 bits per heavy atom. The molecular formula is C10H16O2S. The SMILES string of the molecule is CC1(C)CC#CCC(C)(C)S1(=O)=O. The van der Waals surface area contributed by atoms with Gasteiger partial charge in [0.05, 0.1) is 9.49 Å². The quantitative estimate of drug-likeness (QED) is 0.558. The Morgan fingerprint density at radius 1 is 0.923 bits per heavy atom. The molecule has 0 amide bonds.